The van der Waals surface area contributed by atoms with Gasteiger partial charge in [-0.25, -0.2) is 9.97 Å². The second kappa shape index (κ2) is 10.0. The lowest BCUT2D eigenvalue weighted by Gasteiger charge is -2.36. The quantitative estimate of drug-likeness (QED) is 0.221. The molecule has 0 N–H and O–H groups in total. The highest BCUT2D eigenvalue weighted by Gasteiger charge is 2.43. The summed E-state index contributed by atoms with van der Waals surface area (Å²) in [6.45, 7) is 0. The molecule has 1 aromatic heterocycles. The van der Waals surface area contributed by atoms with Gasteiger partial charge in [0, 0.05) is 22.3 Å². The first kappa shape index (κ1) is 24.1. The molecule has 6 aromatic rings. The van der Waals surface area contributed by atoms with Gasteiger partial charge in [-0.15, -0.1) is 0 Å². The zero-order chi connectivity index (χ0) is 27.2. The van der Waals surface area contributed by atoms with E-state index in [0.717, 1.165) is 50.2 Å². The summed E-state index contributed by atoms with van der Waals surface area (Å²) in [5, 5.41) is 2.11. The van der Waals surface area contributed by atoms with Gasteiger partial charge in [-0.3, -0.25) is 4.99 Å². The molecular weight excluding hydrogens is 520 g/mol. The molecule has 5 heteroatoms. The maximum atomic E-state index is 5.35. The van der Waals surface area contributed by atoms with E-state index in [-0.39, 0.29) is 12.1 Å². The van der Waals surface area contributed by atoms with Gasteiger partial charge in [-0.05, 0) is 28.8 Å². The number of rotatable bonds is 4. The number of thioether (sulfide) groups is 1. The lowest BCUT2D eigenvalue weighted by Crippen LogP contribution is -2.33. The van der Waals surface area contributed by atoms with Crippen molar-refractivity contribution in [3.05, 3.63) is 150 Å². The summed E-state index contributed by atoms with van der Waals surface area (Å²) < 4.78 is 0. The van der Waals surface area contributed by atoms with Crippen molar-refractivity contribution in [1.82, 2.24) is 9.97 Å². The average molecular weight is 547 g/mol. The van der Waals surface area contributed by atoms with Crippen molar-refractivity contribution in [2.45, 2.75) is 17.8 Å². The molecule has 2 atom stereocenters. The first-order chi connectivity index (χ1) is 20.3. The van der Waals surface area contributed by atoms with E-state index in [4.69, 9.17) is 15.0 Å². The number of benzene rings is 5. The van der Waals surface area contributed by atoms with Crippen LogP contribution in [0.2, 0.25) is 0 Å². The van der Waals surface area contributed by atoms with Gasteiger partial charge in [0.25, 0.3) is 0 Å². The van der Waals surface area contributed by atoms with Gasteiger partial charge in [0.05, 0.1) is 22.9 Å². The number of amidine groups is 1. The average Bonchev–Trinajstić information content (AvgIpc) is 3.45. The highest BCUT2D eigenvalue weighted by molar-refractivity contribution is 8.13. The molecule has 0 radical (unpaired) electrons. The molecule has 41 heavy (non-hydrogen) atoms. The fourth-order valence-electron chi connectivity index (χ4n) is 6.07. The van der Waals surface area contributed by atoms with Crippen LogP contribution in [0.3, 0.4) is 0 Å². The minimum atomic E-state index is -0.0162. The number of hydrogen-bond donors (Lipinski definition) is 0. The highest BCUT2D eigenvalue weighted by atomic mass is 32.2. The van der Waals surface area contributed by atoms with Crippen molar-refractivity contribution in [1.29, 1.82) is 0 Å². The third kappa shape index (κ3) is 4.12. The second-order valence-electron chi connectivity index (χ2n) is 10.4. The van der Waals surface area contributed by atoms with E-state index in [1.165, 1.54) is 16.7 Å². The number of aromatic nitrogens is 2. The minimum Gasteiger partial charge on any atom is -0.310 e. The fourth-order valence-corrected chi connectivity index (χ4v) is 7.12. The predicted octanol–water partition coefficient (Wildman–Crippen LogP) is 8.87. The Morgan fingerprint density at radius 1 is 0.634 bits per heavy atom. The summed E-state index contributed by atoms with van der Waals surface area (Å²) in [5.74, 6) is 1.60. The molecule has 2 aliphatic rings. The van der Waals surface area contributed by atoms with Crippen molar-refractivity contribution in [3.8, 4) is 22.6 Å². The van der Waals surface area contributed by atoms with Crippen LogP contribution in [0.5, 0.6) is 0 Å². The van der Waals surface area contributed by atoms with E-state index in [9.17, 15) is 0 Å². The molecule has 0 spiro atoms. The van der Waals surface area contributed by atoms with Gasteiger partial charge in [-0.1, -0.05) is 133 Å². The summed E-state index contributed by atoms with van der Waals surface area (Å²) in [4.78, 5) is 18.2. The molecule has 0 fully saturated rings. The van der Waals surface area contributed by atoms with E-state index >= 15 is 0 Å². The van der Waals surface area contributed by atoms with Crippen LogP contribution in [-0.4, -0.2) is 15.1 Å². The molecule has 0 saturated carbocycles. The first-order valence-corrected chi connectivity index (χ1v) is 14.9. The van der Waals surface area contributed by atoms with Gasteiger partial charge in [0.2, 0.25) is 0 Å². The maximum Gasteiger partial charge on any atom is 0.165 e. The van der Waals surface area contributed by atoms with Gasteiger partial charge < -0.3 is 4.90 Å². The predicted molar refractivity (Wildman–Crippen MR) is 170 cm³/mol. The van der Waals surface area contributed by atoms with Gasteiger partial charge >= 0.3 is 0 Å². The molecule has 2 aliphatic heterocycles. The van der Waals surface area contributed by atoms with Gasteiger partial charge in [-0.2, -0.15) is 0 Å². The molecule has 0 bridgehead atoms. The van der Waals surface area contributed by atoms with Crippen LogP contribution in [0.1, 0.15) is 28.8 Å². The summed E-state index contributed by atoms with van der Waals surface area (Å²) in [6, 6.07) is 46.7. The minimum absolute atomic E-state index is 0.0162. The number of aliphatic imine (C=N–C) groups is 1. The van der Waals surface area contributed by atoms with Crippen LogP contribution < -0.4 is 4.90 Å². The zero-order valence-corrected chi connectivity index (χ0v) is 23.1. The van der Waals surface area contributed by atoms with E-state index in [1.807, 2.05) is 23.9 Å². The lowest BCUT2D eigenvalue weighted by molar-refractivity contribution is 0.611. The standard InChI is InChI=1S/C36H26N4S/c1-4-13-24(14-5-1)31-28-20-10-11-22-30(28)37-35(38-31)29-21-12-19-27-23-41-36-39-32(25-15-6-2-7-16-25)34(40(36)33(27)29)26-17-8-3-9-18-26/h1-22,32,34H,23H2. The molecular formula is C36H26N4S. The number of hydrogen-bond acceptors (Lipinski definition) is 5. The van der Waals surface area contributed by atoms with Crippen molar-refractivity contribution >= 4 is 33.5 Å². The van der Waals surface area contributed by atoms with Crippen molar-refractivity contribution in [2.75, 3.05) is 4.90 Å². The van der Waals surface area contributed by atoms with Crippen molar-refractivity contribution in [2.24, 2.45) is 4.99 Å². The lowest BCUT2D eigenvalue weighted by atomic mass is 9.92. The molecule has 5 aromatic carbocycles. The first-order valence-electron chi connectivity index (χ1n) is 13.9. The number of anilines is 1. The molecule has 0 aliphatic carbocycles. The SMILES string of the molecule is c1ccc(-c2nc(-c3cccc4c3N3C(=NC(c5ccccc5)C3c3ccccc3)SC4)nc3ccccc23)cc1. The van der Waals surface area contributed by atoms with E-state index in [1.54, 1.807) is 0 Å². The Hall–Kier alpha value is -4.74. The Labute approximate surface area is 243 Å². The van der Waals surface area contributed by atoms with E-state index in [0.29, 0.717) is 0 Å². The van der Waals surface area contributed by atoms with Crippen molar-refractivity contribution in [3.63, 3.8) is 0 Å². The van der Waals surface area contributed by atoms with Crippen LogP contribution in [0.4, 0.5) is 5.69 Å². The van der Waals surface area contributed by atoms with Crippen LogP contribution >= 0.6 is 11.8 Å². The zero-order valence-electron chi connectivity index (χ0n) is 22.3. The monoisotopic (exact) mass is 546 g/mol. The Kier molecular flexibility index (Phi) is 5.89. The van der Waals surface area contributed by atoms with Crippen LogP contribution in [-0.2, 0) is 5.75 Å². The Balaban J connectivity index is 1.35. The third-order valence-electron chi connectivity index (χ3n) is 7.92. The fraction of sp³-hybridized carbons (Fsp3) is 0.0833. The highest BCUT2D eigenvalue weighted by Crippen LogP contribution is 2.52. The topological polar surface area (TPSA) is 41.4 Å². The smallest absolute Gasteiger partial charge is 0.165 e. The van der Waals surface area contributed by atoms with Gasteiger partial charge in [0.1, 0.15) is 6.04 Å². The molecule has 4 nitrogen and oxygen atoms in total. The molecule has 0 amide bonds. The summed E-state index contributed by atoms with van der Waals surface area (Å²) in [5.41, 5.74) is 8.91. The normalized spacial score (nSPS) is 17.7. The van der Waals surface area contributed by atoms with Crippen molar-refractivity contribution < 1.29 is 0 Å². The maximum absolute atomic E-state index is 5.35. The van der Waals surface area contributed by atoms with E-state index in [2.05, 4.69) is 126 Å². The number of nitrogens with zero attached hydrogens (tertiary/aromatic N) is 4. The summed E-state index contributed by atoms with van der Waals surface area (Å²) >= 11 is 1.81. The number of para-hydroxylation sites is 2. The summed E-state index contributed by atoms with van der Waals surface area (Å²) in [6.07, 6.45) is 0. The molecule has 196 valence electrons. The van der Waals surface area contributed by atoms with Crippen LogP contribution in [0.15, 0.2) is 138 Å². The third-order valence-corrected chi connectivity index (χ3v) is 8.94. The Morgan fingerprint density at radius 2 is 1.32 bits per heavy atom. The number of fused-ring (bicyclic) bond motifs is 4. The Morgan fingerprint density at radius 3 is 2.10 bits per heavy atom. The molecule has 8 rings (SSSR count). The van der Waals surface area contributed by atoms with Crippen LogP contribution in [0, 0.1) is 0 Å². The largest absolute Gasteiger partial charge is 0.310 e. The molecule has 2 unspecified atom stereocenters. The molecule has 0 saturated heterocycles. The molecule has 3 heterocycles. The second-order valence-corrected chi connectivity index (χ2v) is 11.3. The van der Waals surface area contributed by atoms with E-state index < -0.39 is 0 Å². The van der Waals surface area contributed by atoms with Crippen LogP contribution in [0.25, 0.3) is 33.5 Å². The summed E-state index contributed by atoms with van der Waals surface area (Å²) in [7, 11) is 0. The van der Waals surface area contributed by atoms with Gasteiger partial charge in [0.15, 0.2) is 11.0 Å². The Bertz CT molecular complexity index is 1910.